The Kier molecular flexibility index (Phi) is 9.59. The Morgan fingerprint density at radius 3 is 2.31 bits per heavy atom. The van der Waals surface area contributed by atoms with E-state index in [1.165, 1.54) is 12.1 Å². The molecule has 1 N–H and O–H groups in total. The van der Waals surface area contributed by atoms with Crippen LogP contribution >= 0.6 is 11.6 Å². The maximum absolute atomic E-state index is 13.1. The lowest BCUT2D eigenvalue weighted by Gasteiger charge is -2.16. The largest absolute Gasteiger partial charge is 0.457 e. The standard InChI is InChI=1S/C28H27ClFNO5/c1-18-3-4-19(2)25(17-18)35-23-11-9-22(10-12-23)31-26(32)13-14-27(33)36-24(15-16-29)28(34)20-5-7-21(30)8-6-20/h3-12,17,24H,13-16H2,1-2H3,(H,31,32). The number of rotatable bonds is 11. The quantitative estimate of drug-likeness (QED) is 0.183. The summed E-state index contributed by atoms with van der Waals surface area (Å²) in [6.07, 6.45) is -1.34. The monoisotopic (exact) mass is 511 g/mol. The van der Waals surface area contributed by atoms with Gasteiger partial charge in [0.15, 0.2) is 6.10 Å². The fourth-order valence-corrected chi connectivity index (χ4v) is 3.55. The van der Waals surface area contributed by atoms with Crippen molar-refractivity contribution in [2.75, 3.05) is 11.2 Å². The van der Waals surface area contributed by atoms with Crippen molar-refractivity contribution in [1.82, 2.24) is 0 Å². The van der Waals surface area contributed by atoms with Crippen molar-refractivity contribution in [2.24, 2.45) is 0 Å². The van der Waals surface area contributed by atoms with Crippen molar-refractivity contribution in [3.63, 3.8) is 0 Å². The van der Waals surface area contributed by atoms with Gasteiger partial charge < -0.3 is 14.8 Å². The van der Waals surface area contributed by atoms with Gasteiger partial charge in [0.2, 0.25) is 11.7 Å². The van der Waals surface area contributed by atoms with Gasteiger partial charge in [0.05, 0.1) is 6.42 Å². The molecule has 36 heavy (non-hydrogen) atoms. The summed E-state index contributed by atoms with van der Waals surface area (Å²) in [5.41, 5.74) is 2.86. The Morgan fingerprint density at radius 2 is 1.64 bits per heavy atom. The number of amides is 1. The first-order chi connectivity index (χ1) is 17.2. The maximum Gasteiger partial charge on any atom is 0.307 e. The van der Waals surface area contributed by atoms with Crippen molar-refractivity contribution < 1.29 is 28.2 Å². The molecular formula is C28H27ClFNO5. The summed E-state index contributed by atoms with van der Waals surface area (Å²) in [6, 6.07) is 17.8. The van der Waals surface area contributed by atoms with Crippen molar-refractivity contribution in [2.45, 2.75) is 39.2 Å². The van der Waals surface area contributed by atoms with E-state index < -0.39 is 23.7 Å². The lowest BCUT2D eigenvalue weighted by Crippen LogP contribution is -2.28. The number of carbonyl (C=O) groups is 3. The first kappa shape index (κ1) is 26.9. The molecule has 0 saturated carbocycles. The molecular weight excluding hydrogens is 485 g/mol. The van der Waals surface area contributed by atoms with Crippen LogP contribution in [0.1, 0.15) is 40.7 Å². The molecule has 0 radical (unpaired) electrons. The molecule has 0 bridgehead atoms. The minimum Gasteiger partial charge on any atom is -0.457 e. The molecule has 0 aliphatic carbocycles. The molecule has 1 amide bonds. The molecule has 1 atom stereocenters. The zero-order valence-electron chi connectivity index (χ0n) is 20.1. The van der Waals surface area contributed by atoms with Crippen LogP contribution in [0.5, 0.6) is 11.5 Å². The van der Waals surface area contributed by atoms with E-state index in [0.29, 0.717) is 11.4 Å². The first-order valence-corrected chi connectivity index (χ1v) is 12.0. The van der Waals surface area contributed by atoms with E-state index in [2.05, 4.69) is 5.32 Å². The molecule has 8 heteroatoms. The number of aryl methyl sites for hydroxylation is 2. The van der Waals surface area contributed by atoms with Crippen LogP contribution in [0, 0.1) is 19.7 Å². The minimum atomic E-state index is -1.10. The minimum absolute atomic E-state index is 0.0918. The van der Waals surface area contributed by atoms with Gasteiger partial charge in [0.25, 0.3) is 0 Å². The highest BCUT2D eigenvalue weighted by atomic mass is 35.5. The van der Waals surface area contributed by atoms with Gasteiger partial charge in [-0.1, -0.05) is 12.1 Å². The number of esters is 1. The summed E-state index contributed by atoms with van der Waals surface area (Å²) in [4.78, 5) is 37.2. The van der Waals surface area contributed by atoms with E-state index in [1.54, 1.807) is 24.3 Å². The van der Waals surface area contributed by atoms with Gasteiger partial charge in [0, 0.05) is 30.0 Å². The third kappa shape index (κ3) is 7.92. The Bertz CT molecular complexity index is 1210. The SMILES string of the molecule is Cc1ccc(C)c(Oc2ccc(NC(=O)CCC(=O)OC(CCCl)C(=O)c3ccc(F)cc3)cc2)c1. The van der Waals surface area contributed by atoms with Gasteiger partial charge in [-0.3, -0.25) is 14.4 Å². The number of alkyl halides is 1. The number of ketones is 1. The van der Waals surface area contributed by atoms with Crippen LogP contribution in [0.25, 0.3) is 0 Å². The highest BCUT2D eigenvalue weighted by Crippen LogP contribution is 2.27. The highest BCUT2D eigenvalue weighted by Gasteiger charge is 2.24. The topological polar surface area (TPSA) is 81.7 Å². The van der Waals surface area contributed by atoms with Crippen LogP contribution in [-0.2, 0) is 14.3 Å². The zero-order valence-corrected chi connectivity index (χ0v) is 20.8. The number of halogens is 2. The molecule has 0 aliphatic rings. The summed E-state index contributed by atoms with van der Waals surface area (Å²) >= 11 is 5.75. The molecule has 0 heterocycles. The fraction of sp³-hybridized carbons (Fsp3) is 0.250. The van der Waals surface area contributed by atoms with Crippen molar-refractivity contribution in [1.29, 1.82) is 0 Å². The summed E-state index contributed by atoms with van der Waals surface area (Å²) in [6.45, 7) is 3.95. The number of hydrogen-bond acceptors (Lipinski definition) is 5. The second-order valence-electron chi connectivity index (χ2n) is 8.27. The molecule has 0 spiro atoms. The van der Waals surface area contributed by atoms with E-state index in [1.807, 2.05) is 32.0 Å². The normalized spacial score (nSPS) is 11.4. The van der Waals surface area contributed by atoms with Gasteiger partial charge in [-0.15, -0.1) is 11.6 Å². The number of Topliss-reactive ketones (excluding diaryl/α,β-unsaturated/α-hetero) is 1. The second kappa shape index (κ2) is 12.8. The molecule has 188 valence electrons. The van der Waals surface area contributed by atoms with Gasteiger partial charge >= 0.3 is 5.97 Å². The summed E-state index contributed by atoms with van der Waals surface area (Å²) in [5, 5.41) is 2.72. The van der Waals surface area contributed by atoms with Gasteiger partial charge in [-0.05, 0) is 79.6 Å². The zero-order chi connectivity index (χ0) is 26.1. The average molecular weight is 512 g/mol. The Morgan fingerprint density at radius 1 is 0.944 bits per heavy atom. The highest BCUT2D eigenvalue weighted by molar-refractivity contribution is 6.18. The van der Waals surface area contributed by atoms with Crippen LogP contribution in [0.3, 0.4) is 0 Å². The van der Waals surface area contributed by atoms with E-state index in [9.17, 15) is 18.8 Å². The van der Waals surface area contributed by atoms with Crippen LogP contribution < -0.4 is 10.1 Å². The molecule has 3 rings (SSSR count). The smallest absolute Gasteiger partial charge is 0.307 e. The van der Waals surface area contributed by atoms with Crippen LogP contribution in [0.4, 0.5) is 10.1 Å². The predicted octanol–water partition coefficient (Wildman–Crippen LogP) is 6.38. The third-order valence-corrected chi connectivity index (χ3v) is 5.55. The number of ether oxygens (including phenoxy) is 2. The van der Waals surface area contributed by atoms with Crippen molar-refractivity contribution >= 4 is 34.9 Å². The Balaban J connectivity index is 1.49. The number of nitrogens with one attached hydrogen (secondary N) is 1. The third-order valence-electron chi connectivity index (χ3n) is 5.33. The van der Waals surface area contributed by atoms with Crippen LogP contribution in [0.15, 0.2) is 66.7 Å². The lowest BCUT2D eigenvalue weighted by atomic mass is 10.0. The average Bonchev–Trinajstić information content (AvgIpc) is 2.86. The van der Waals surface area contributed by atoms with Gasteiger partial charge in [0.1, 0.15) is 17.3 Å². The van der Waals surface area contributed by atoms with E-state index in [0.717, 1.165) is 29.0 Å². The molecule has 0 saturated heterocycles. The molecule has 3 aromatic carbocycles. The van der Waals surface area contributed by atoms with E-state index in [4.69, 9.17) is 21.1 Å². The maximum atomic E-state index is 13.1. The summed E-state index contributed by atoms with van der Waals surface area (Å²) < 4.78 is 24.3. The lowest BCUT2D eigenvalue weighted by molar-refractivity contribution is -0.148. The summed E-state index contributed by atoms with van der Waals surface area (Å²) in [5.74, 6) is -0.559. The first-order valence-electron chi connectivity index (χ1n) is 11.5. The van der Waals surface area contributed by atoms with Crippen molar-refractivity contribution in [3.8, 4) is 11.5 Å². The van der Waals surface area contributed by atoms with Crippen molar-refractivity contribution in [3.05, 3.63) is 89.2 Å². The fourth-order valence-electron chi connectivity index (χ4n) is 3.35. The Hall–Kier alpha value is -3.71. The van der Waals surface area contributed by atoms with Gasteiger partial charge in [-0.2, -0.15) is 0 Å². The van der Waals surface area contributed by atoms with E-state index >= 15 is 0 Å². The second-order valence-corrected chi connectivity index (χ2v) is 8.65. The van der Waals surface area contributed by atoms with E-state index in [-0.39, 0.29) is 36.6 Å². The number of hydrogen-bond donors (Lipinski definition) is 1. The molecule has 1 unspecified atom stereocenters. The Labute approximate surface area is 214 Å². The van der Waals surface area contributed by atoms with Crippen LogP contribution in [-0.4, -0.2) is 29.6 Å². The predicted molar refractivity (Wildman–Crippen MR) is 136 cm³/mol. The molecule has 0 aromatic heterocycles. The van der Waals surface area contributed by atoms with Gasteiger partial charge in [-0.25, -0.2) is 4.39 Å². The number of anilines is 1. The molecule has 6 nitrogen and oxygen atoms in total. The molecule has 0 fully saturated rings. The molecule has 3 aromatic rings. The number of benzene rings is 3. The summed E-state index contributed by atoms with van der Waals surface area (Å²) in [7, 11) is 0. The number of carbonyl (C=O) groups excluding carboxylic acids is 3. The van der Waals surface area contributed by atoms with Crippen LogP contribution in [0.2, 0.25) is 0 Å². The molecule has 0 aliphatic heterocycles.